The van der Waals surface area contributed by atoms with E-state index in [1.54, 1.807) is 0 Å². The molecule has 0 aliphatic rings. The summed E-state index contributed by atoms with van der Waals surface area (Å²) in [5, 5.41) is 8.61. The van der Waals surface area contributed by atoms with Gasteiger partial charge in [-0.05, 0) is 17.7 Å². The Morgan fingerprint density at radius 1 is 1.31 bits per heavy atom. The normalized spacial score (nSPS) is 12.0. The zero-order chi connectivity index (χ0) is 9.14. The Balaban J connectivity index is 0.00000144. The highest BCUT2D eigenvalue weighted by Gasteiger charge is 2.07. The van der Waals surface area contributed by atoms with Crippen LogP contribution in [-0.4, -0.2) is 11.7 Å². The first-order chi connectivity index (χ1) is 5.65. The van der Waals surface area contributed by atoms with Crippen LogP contribution in [0.1, 0.15) is 11.6 Å². The maximum atomic E-state index is 12.6. The second kappa shape index (κ2) is 5.11. The molecular weight excluding hydrogens is 200 g/mol. The third-order valence-electron chi connectivity index (χ3n) is 1.57. The third-order valence-corrected chi connectivity index (χ3v) is 1.57. The van der Waals surface area contributed by atoms with Crippen molar-refractivity contribution >= 4 is 12.4 Å². The topological polar surface area (TPSA) is 46.2 Å². The Bertz CT molecular complexity index is 283. The molecule has 1 aromatic rings. The molecule has 0 heterocycles. The van der Waals surface area contributed by atoms with Crippen LogP contribution in [0.4, 0.5) is 8.78 Å². The monoisotopic (exact) mass is 209 g/mol. The van der Waals surface area contributed by atoms with Gasteiger partial charge in [0, 0.05) is 0 Å². The quantitative estimate of drug-likeness (QED) is 0.773. The zero-order valence-electron chi connectivity index (χ0n) is 6.71. The average Bonchev–Trinajstić information content (AvgIpc) is 2.08. The predicted molar refractivity (Wildman–Crippen MR) is 47.6 cm³/mol. The Morgan fingerprint density at radius 3 is 2.38 bits per heavy atom. The summed E-state index contributed by atoms with van der Waals surface area (Å²) in [6.07, 6.45) is 0. The highest BCUT2D eigenvalue weighted by Crippen LogP contribution is 2.13. The van der Waals surface area contributed by atoms with Crippen LogP contribution in [0.5, 0.6) is 0 Å². The minimum Gasteiger partial charge on any atom is -0.394 e. The molecule has 13 heavy (non-hydrogen) atoms. The van der Waals surface area contributed by atoms with E-state index in [1.165, 1.54) is 6.07 Å². The summed E-state index contributed by atoms with van der Waals surface area (Å²) in [4.78, 5) is 0. The van der Waals surface area contributed by atoms with Gasteiger partial charge in [-0.15, -0.1) is 12.4 Å². The van der Waals surface area contributed by atoms with E-state index < -0.39 is 17.7 Å². The summed E-state index contributed by atoms with van der Waals surface area (Å²) in [7, 11) is 0. The van der Waals surface area contributed by atoms with Gasteiger partial charge in [0.15, 0.2) is 11.6 Å². The summed E-state index contributed by atoms with van der Waals surface area (Å²) in [5.74, 6) is -1.86. The van der Waals surface area contributed by atoms with Gasteiger partial charge in [-0.25, -0.2) is 8.78 Å². The molecule has 0 bridgehead atoms. The van der Waals surface area contributed by atoms with Crippen LogP contribution in [0.25, 0.3) is 0 Å². The molecule has 0 aromatic heterocycles. The van der Waals surface area contributed by atoms with Crippen molar-refractivity contribution < 1.29 is 13.9 Å². The van der Waals surface area contributed by atoms with Gasteiger partial charge in [-0.1, -0.05) is 6.07 Å². The molecule has 0 radical (unpaired) electrons. The van der Waals surface area contributed by atoms with E-state index in [9.17, 15) is 8.78 Å². The maximum Gasteiger partial charge on any atom is 0.159 e. The van der Waals surface area contributed by atoms with Crippen molar-refractivity contribution in [1.29, 1.82) is 0 Å². The Kier molecular flexibility index (Phi) is 4.83. The molecule has 0 saturated carbocycles. The second-order valence-corrected chi connectivity index (χ2v) is 2.46. The minimum absolute atomic E-state index is 0. The molecule has 0 spiro atoms. The minimum atomic E-state index is -0.948. The van der Waals surface area contributed by atoms with Crippen molar-refractivity contribution in [3.63, 3.8) is 0 Å². The molecule has 0 saturated heterocycles. The summed E-state index contributed by atoms with van der Waals surface area (Å²) in [5.41, 5.74) is 5.76. The van der Waals surface area contributed by atoms with Crippen molar-refractivity contribution in [3.8, 4) is 0 Å². The van der Waals surface area contributed by atoms with Gasteiger partial charge in [0.05, 0.1) is 12.6 Å². The number of benzene rings is 1. The number of rotatable bonds is 2. The van der Waals surface area contributed by atoms with Crippen LogP contribution in [-0.2, 0) is 0 Å². The molecule has 5 heteroatoms. The lowest BCUT2D eigenvalue weighted by molar-refractivity contribution is 0.267. The highest BCUT2D eigenvalue weighted by atomic mass is 35.5. The molecule has 74 valence electrons. The van der Waals surface area contributed by atoms with Crippen molar-refractivity contribution in [2.75, 3.05) is 6.61 Å². The first-order valence-corrected chi connectivity index (χ1v) is 3.46. The lowest BCUT2D eigenvalue weighted by atomic mass is 10.1. The Morgan fingerprint density at radius 2 is 1.92 bits per heavy atom. The smallest absolute Gasteiger partial charge is 0.159 e. The molecule has 1 rings (SSSR count). The summed E-state index contributed by atoms with van der Waals surface area (Å²) in [6, 6.07) is 2.66. The Labute approximate surface area is 80.8 Å². The van der Waals surface area contributed by atoms with Gasteiger partial charge in [-0.3, -0.25) is 0 Å². The van der Waals surface area contributed by atoms with Gasteiger partial charge in [0.25, 0.3) is 0 Å². The van der Waals surface area contributed by atoms with Crippen LogP contribution in [0.2, 0.25) is 0 Å². The first-order valence-electron chi connectivity index (χ1n) is 3.46. The number of halogens is 3. The number of hydrogen-bond donors (Lipinski definition) is 2. The van der Waals surface area contributed by atoms with Gasteiger partial charge in [0.1, 0.15) is 0 Å². The molecule has 1 aromatic carbocycles. The van der Waals surface area contributed by atoms with Crippen LogP contribution in [0, 0.1) is 11.6 Å². The van der Waals surface area contributed by atoms with E-state index in [-0.39, 0.29) is 19.0 Å². The zero-order valence-corrected chi connectivity index (χ0v) is 7.52. The van der Waals surface area contributed by atoms with Crippen molar-refractivity contribution in [2.24, 2.45) is 5.73 Å². The summed E-state index contributed by atoms with van der Waals surface area (Å²) < 4.78 is 25.0. The third kappa shape index (κ3) is 2.91. The fraction of sp³-hybridized carbons (Fsp3) is 0.250. The number of nitrogens with two attached hydrogens (primary N) is 1. The van der Waals surface area contributed by atoms with E-state index in [4.69, 9.17) is 10.8 Å². The largest absolute Gasteiger partial charge is 0.394 e. The van der Waals surface area contributed by atoms with Crippen LogP contribution in [0.3, 0.4) is 0 Å². The van der Waals surface area contributed by atoms with Gasteiger partial charge >= 0.3 is 0 Å². The molecule has 0 unspecified atom stereocenters. The summed E-state index contributed by atoms with van der Waals surface area (Å²) >= 11 is 0. The fourth-order valence-electron chi connectivity index (χ4n) is 0.848. The summed E-state index contributed by atoms with van der Waals surface area (Å²) in [6.45, 7) is -0.287. The van der Waals surface area contributed by atoms with E-state index in [2.05, 4.69) is 0 Å². The van der Waals surface area contributed by atoms with E-state index in [1.807, 2.05) is 0 Å². The van der Waals surface area contributed by atoms with Crippen molar-refractivity contribution in [3.05, 3.63) is 35.4 Å². The predicted octanol–water partition coefficient (Wildman–Crippen LogP) is 1.38. The Hall–Kier alpha value is -0.710. The van der Waals surface area contributed by atoms with Crippen LogP contribution in [0.15, 0.2) is 18.2 Å². The van der Waals surface area contributed by atoms with Crippen molar-refractivity contribution in [2.45, 2.75) is 6.04 Å². The number of hydrogen-bond acceptors (Lipinski definition) is 2. The highest BCUT2D eigenvalue weighted by molar-refractivity contribution is 5.85. The molecule has 0 aliphatic carbocycles. The second-order valence-electron chi connectivity index (χ2n) is 2.46. The van der Waals surface area contributed by atoms with E-state index in [0.717, 1.165) is 12.1 Å². The fourth-order valence-corrected chi connectivity index (χ4v) is 0.848. The first kappa shape index (κ1) is 12.3. The van der Waals surface area contributed by atoms with Crippen LogP contribution >= 0.6 is 12.4 Å². The van der Waals surface area contributed by atoms with E-state index >= 15 is 0 Å². The van der Waals surface area contributed by atoms with Gasteiger partial charge < -0.3 is 10.8 Å². The SMILES string of the molecule is Cl.N[C@H](CO)c1ccc(F)c(F)c1. The lowest BCUT2D eigenvalue weighted by Gasteiger charge is -2.07. The lowest BCUT2D eigenvalue weighted by Crippen LogP contribution is -2.14. The number of aliphatic hydroxyl groups excluding tert-OH is 1. The van der Waals surface area contributed by atoms with Crippen LogP contribution < -0.4 is 5.73 Å². The molecule has 0 amide bonds. The molecular formula is C8H10ClF2NO. The average molecular weight is 210 g/mol. The molecule has 1 atom stereocenters. The standard InChI is InChI=1S/C8H9F2NO.ClH/c9-6-2-1-5(3-7(6)10)8(11)4-12;/h1-3,8,12H,4,11H2;1H/t8-;/m1./s1. The van der Waals surface area contributed by atoms with E-state index in [0.29, 0.717) is 5.56 Å². The molecule has 3 N–H and O–H groups in total. The van der Waals surface area contributed by atoms with Crippen molar-refractivity contribution in [1.82, 2.24) is 0 Å². The van der Waals surface area contributed by atoms with Gasteiger partial charge in [-0.2, -0.15) is 0 Å². The molecule has 0 aliphatic heterocycles. The maximum absolute atomic E-state index is 12.6. The molecule has 0 fully saturated rings. The number of aliphatic hydroxyl groups is 1. The van der Waals surface area contributed by atoms with Gasteiger partial charge in [0.2, 0.25) is 0 Å². The molecule has 2 nitrogen and oxygen atoms in total.